The van der Waals surface area contributed by atoms with Crippen LogP contribution in [0.1, 0.15) is 16.7 Å². The molecule has 0 aliphatic heterocycles. The summed E-state index contributed by atoms with van der Waals surface area (Å²) in [6.07, 6.45) is -3.24. The van der Waals surface area contributed by atoms with Crippen LogP contribution in [-0.4, -0.2) is 25.2 Å². The van der Waals surface area contributed by atoms with Gasteiger partial charge in [-0.3, -0.25) is 0 Å². The maximum atomic E-state index is 13.8. The zero-order chi connectivity index (χ0) is 21.6. The van der Waals surface area contributed by atoms with Gasteiger partial charge in [-0.15, -0.1) is 0 Å². The lowest BCUT2D eigenvalue weighted by Crippen LogP contribution is -2.48. The van der Waals surface area contributed by atoms with Crippen LogP contribution in [0.2, 0.25) is 0 Å². The van der Waals surface area contributed by atoms with Gasteiger partial charge in [-0.05, 0) is 50.1 Å². The molecule has 0 amide bonds. The standard InChI is InChI=1S/C20H20BrF3N2O2S/c1-12-9-13(2)19(14(3)10-12)29(27,28)25-18(20(22,23)24)11-26-8-7-15-16(21)5-4-6-17(15)26/h4-10,18,25H,11H2,1-3H3. The van der Waals surface area contributed by atoms with Gasteiger partial charge in [0.1, 0.15) is 6.04 Å². The van der Waals surface area contributed by atoms with E-state index < -0.39 is 28.8 Å². The number of aromatic nitrogens is 1. The number of halogens is 4. The van der Waals surface area contributed by atoms with Gasteiger partial charge in [-0.2, -0.15) is 17.9 Å². The fourth-order valence-corrected chi connectivity index (χ4v) is 5.74. The molecule has 1 N–H and O–H groups in total. The van der Waals surface area contributed by atoms with Crippen LogP contribution in [0.15, 0.2) is 52.0 Å². The van der Waals surface area contributed by atoms with Crippen LogP contribution in [0.5, 0.6) is 0 Å². The van der Waals surface area contributed by atoms with E-state index in [2.05, 4.69) is 15.9 Å². The summed E-state index contributed by atoms with van der Waals surface area (Å²) >= 11 is 3.37. The van der Waals surface area contributed by atoms with Crippen molar-refractivity contribution in [2.24, 2.45) is 0 Å². The minimum atomic E-state index is -4.76. The maximum Gasteiger partial charge on any atom is 0.406 e. The van der Waals surface area contributed by atoms with Gasteiger partial charge in [-0.25, -0.2) is 8.42 Å². The van der Waals surface area contributed by atoms with E-state index in [0.717, 1.165) is 15.4 Å². The van der Waals surface area contributed by atoms with Crippen molar-refractivity contribution in [2.45, 2.75) is 44.4 Å². The number of aryl methyl sites for hydroxylation is 3. The minimum Gasteiger partial charge on any atom is -0.345 e. The first-order chi connectivity index (χ1) is 13.4. The SMILES string of the molecule is Cc1cc(C)c(S(=O)(=O)NC(Cn2ccc3c(Br)cccc32)C(F)(F)F)c(C)c1. The summed E-state index contributed by atoms with van der Waals surface area (Å²) < 4.78 is 71.0. The predicted octanol–water partition coefficient (Wildman–Crippen LogP) is 5.24. The normalized spacial score (nSPS) is 13.8. The second-order valence-corrected chi connectivity index (χ2v) is 9.59. The number of fused-ring (bicyclic) bond motifs is 1. The molecule has 9 heteroatoms. The van der Waals surface area contributed by atoms with Crippen LogP contribution in [0.4, 0.5) is 13.2 Å². The number of benzene rings is 2. The number of alkyl halides is 3. The molecule has 0 spiro atoms. The molecule has 0 saturated carbocycles. The Kier molecular flexibility index (Phi) is 5.86. The molecule has 0 aliphatic carbocycles. The van der Waals surface area contributed by atoms with Crippen molar-refractivity contribution in [1.82, 2.24) is 9.29 Å². The van der Waals surface area contributed by atoms with Crippen molar-refractivity contribution in [3.05, 3.63) is 63.8 Å². The Hall–Kier alpha value is -1.84. The lowest BCUT2D eigenvalue weighted by molar-refractivity contribution is -0.154. The van der Waals surface area contributed by atoms with Gasteiger partial charge in [-0.1, -0.05) is 39.7 Å². The van der Waals surface area contributed by atoms with Crippen LogP contribution in [-0.2, 0) is 16.6 Å². The first kappa shape index (κ1) is 21.9. The summed E-state index contributed by atoms with van der Waals surface area (Å²) in [7, 11) is -4.38. The lowest BCUT2D eigenvalue weighted by atomic mass is 10.1. The zero-order valence-corrected chi connectivity index (χ0v) is 18.4. The molecule has 3 aromatic rings. The Morgan fingerprint density at radius 2 is 1.72 bits per heavy atom. The molecule has 1 atom stereocenters. The molecule has 3 rings (SSSR count). The van der Waals surface area contributed by atoms with E-state index in [1.54, 1.807) is 57.2 Å². The van der Waals surface area contributed by atoms with Gasteiger partial charge in [0.2, 0.25) is 10.0 Å². The molecule has 0 fully saturated rings. The molecular weight excluding hydrogens is 469 g/mol. The van der Waals surface area contributed by atoms with E-state index in [9.17, 15) is 21.6 Å². The van der Waals surface area contributed by atoms with Crippen LogP contribution < -0.4 is 4.72 Å². The van der Waals surface area contributed by atoms with Gasteiger partial charge < -0.3 is 4.57 Å². The second-order valence-electron chi connectivity index (χ2n) is 7.08. The first-order valence-electron chi connectivity index (χ1n) is 8.80. The fraction of sp³-hybridized carbons (Fsp3) is 0.300. The van der Waals surface area contributed by atoms with Gasteiger partial charge >= 0.3 is 6.18 Å². The Morgan fingerprint density at radius 3 is 2.31 bits per heavy atom. The van der Waals surface area contributed by atoms with Gasteiger partial charge in [0, 0.05) is 28.1 Å². The van der Waals surface area contributed by atoms with E-state index in [0.29, 0.717) is 16.6 Å². The van der Waals surface area contributed by atoms with Crippen molar-refractivity contribution in [1.29, 1.82) is 0 Å². The van der Waals surface area contributed by atoms with Crippen LogP contribution in [0, 0.1) is 20.8 Å². The lowest BCUT2D eigenvalue weighted by Gasteiger charge is -2.24. The zero-order valence-electron chi connectivity index (χ0n) is 16.0. The molecule has 1 heterocycles. The van der Waals surface area contributed by atoms with E-state index in [1.165, 1.54) is 10.8 Å². The van der Waals surface area contributed by atoms with Gasteiger partial charge in [0.05, 0.1) is 4.90 Å². The van der Waals surface area contributed by atoms with Crippen LogP contribution in [0.25, 0.3) is 10.9 Å². The number of hydrogen-bond acceptors (Lipinski definition) is 2. The topological polar surface area (TPSA) is 51.1 Å². The molecule has 1 aromatic heterocycles. The molecule has 29 heavy (non-hydrogen) atoms. The Bertz CT molecular complexity index is 1150. The smallest absolute Gasteiger partial charge is 0.345 e. The summed E-state index contributed by atoms with van der Waals surface area (Å²) in [5, 5.41) is 0.751. The molecule has 0 aliphatic rings. The molecule has 0 saturated heterocycles. The fourth-order valence-electron chi connectivity index (χ4n) is 3.59. The van der Waals surface area contributed by atoms with Crippen LogP contribution >= 0.6 is 15.9 Å². The number of nitrogens with zero attached hydrogens (tertiary/aromatic N) is 1. The predicted molar refractivity (Wildman–Crippen MR) is 110 cm³/mol. The van der Waals surface area contributed by atoms with E-state index >= 15 is 0 Å². The Balaban J connectivity index is 1.99. The van der Waals surface area contributed by atoms with Crippen molar-refractivity contribution >= 4 is 36.9 Å². The largest absolute Gasteiger partial charge is 0.406 e. The maximum absolute atomic E-state index is 13.8. The molecule has 0 bridgehead atoms. The first-order valence-corrected chi connectivity index (χ1v) is 11.1. The van der Waals surface area contributed by atoms with Crippen molar-refractivity contribution < 1.29 is 21.6 Å². The quantitative estimate of drug-likeness (QED) is 0.533. The third kappa shape index (κ3) is 4.51. The Morgan fingerprint density at radius 1 is 1.10 bits per heavy atom. The van der Waals surface area contributed by atoms with E-state index in [-0.39, 0.29) is 4.90 Å². The highest BCUT2D eigenvalue weighted by molar-refractivity contribution is 9.10. The monoisotopic (exact) mass is 488 g/mol. The summed E-state index contributed by atoms with van der Waals surface area (Å²) in [4.78, 5) is -0.113. The highest BCUT2D eigenvalue weighted by Gasteiger charge is 2.43. The molecule has 0 radical (unpaired) electrons. The average molecular weight is 489 g/mol. The molecule has 156 valence electrons. The van der Waals surface area contributed by atoms with Crippen molar-refractivity contribution in [2.75, 3.05) is 0 Å². The van der Waals surface area contributed by atoms with Gasteiger partial charge in [0.25, 0.3) is 0 Å². The summed E-state index contributed by atoms with van der Waals surface area (Å²) in [5.74, 6) is 0. The highest BCUT2D eigenvalue weighted by atomic mass is 79.9. The van der Waals surface area contributed by atoms with Crippen molar-refractivity contribution in [3.63, 3.8) is 0 Å². The third-order valence-corrected chi connectivity index (χ3v) is 7.17. The number of sulfonamides is 1. The van der Waals surface area contributed by atoms with Gasteiger partial charge in [0.15, 0.2) is 0 Å². The summed E-state index contributed by atoms with van der Waals surface area (Å²) in [6, 6.07) is 7.89. The Labute approximate surface area is 175 Å². The number of rotatable bonds is 5. The van der Waals surface area contributed by atoms with Crippen molar-refractivity contribution in [3.8, 4) is 0 Å². The molecular formula is C20H20BrF3N2O2S. The summed E-state index contributed by atoms with van der Waals surface area (Å²) in [5.41, 5.74) is 2.24. The second kappa shape index (κ2) is 7.77. The number of hydrogen-bond donors (Lipinski definition) is 1. The van der Waals surface area contributed by atoms with E-state index in [1.807, 2.05) is 4.72 Å². The molecule has 1 unspecified atom stereocenters. The average Bonchev–Trinajstić information content (AvgIpc) is 2.96. The minimum absolute atomic E-state index is 0.113. The summed E-state index contributed by atoms with van der Waals surface area (Å²) in [6.45, 7) is 4.38. The molecule has 2 aromatic carbocycles. The number of nitrogens with one attached hydrogen (secondary N) is 1. The third-order valence-electron chi connectivity index (χ3n) is 4.71. The highest BCUT2D eigenvalue weighted by Crippen LogP contribution is 2.29. The molecule has 4 nitrogen and oxygen atoms in total. The van der Waals surface area contributed by atoms with E-state index in [4.69, 9.17) is 0 Å². The van der Waals surface area contributed by atoms with Crippen LogP contribution in [0.3, 0.4) is 0 Å².